The molecule has 2 aliphatic rings. The molecule has 0 saturated carbocycles. The molecule has 4 N–H and O–H groups in total. The Morgan fingerprint density at radius 1 is 1.15 bits per heavy atom. The van der Waals surface area contributed by atoms with E-state index >= 15 is 0 Å². The fraction of sp³-hybridized carbons (Fsp3) is 0.435. The number of carbonyl (C=O) groups excluding carboxylic acids is 2. The monoisotopic (exact) mass is 473 g/mol. The van der Waals surface area contributed by atoms with Gasteiger partial charge in [-0.15, -0.1) is 0 Å². The number of halogens is 1. The third-order valence-electron chi connectivity index (χ3n) is 5.73. The van der Waals surface area contributed by atoms with Crippen LogP contribution in [0.1, 0.15) is 29.6 Å². The highest BCUT2D eigenvalue weighted by molar-refractivity contribution is 7.97. The number of nitrogens with zero attached hydrogens (tertiary/aromatic N) is 1. The van der Waals surface area contributed by atoms with E-state index in [0.717, 1.165) is 31.0 Å². The number of piperidine rings is 1. The summed E-state index contributed by atoms with van der Waals surface area (Å²) in [5.74, 6) is -0.786. The summed E-state index contributed by atoms with van der Waals surface area (Å²) in [6.07, 6.45) is 4.03. The molecule has 1 aromatic carbocycles. The Morgan fingerprint density at radius 3 is 2.55 bits per heavy atom. The zero-order valence-electron chi connectivity index (χ0n) is 18.2. The second-order valence-electron chi connectivity index (χ2n) is 8.29. The molecule has 2 aromatic rings. The first-order valence-electron chi connectivity index (χ1n) is 11.1. The Bertz CT molecular complexity index is 934. The van der Waals surface area contributed by atoms with Crippen LogP contribution in [0, 0.1) is 11.7 Å². The summed E-state index contributed by atoms with van der Waals surface area (Å²) >= 11 is 1.43. The lowest BCUT2D eigenvalue weighted by atomic mass is 9.90. The first-order chi connectivity index (χ1) is 16.1. The number of carbonyl (C=O) groups is 2. The van der Waals surface area contributed by atoms with E-state index in [-0.39, 0.29) is 5.91 Å². The van der Waals surface area contributed by atoms with E-state index in [4.69, 9.17) is 4.74 Å². The molecule has 0 radical (unpaired) electrons. The number of amides is 2. The average Bonchev–Trinajstić information content (AvgIpc) is 2.80. The minimum absolute atomic E-state index is 0.295. The molecule has 0 aliphatic carbocycles. The van der Waals surface area contributed by atoms with E-state index in [1.807, 2.05) is 6.07 Å². The van der Waals surface area contributed by atoms with Crippen molar-refractivity contribution >= 4 is 29.4 Å². The van der Waals surface area contributed by atoms with Gasteiger partial charge in [-0.05, 0) is 86.6 Å². The zero-order chi connectivity index (χ0) is 23.0. The summed E-state index contributed by atoms with van der Waals surface area (Å²) in [5, 5.41) is 9.81. The molecule has 176 valence electrons. The fourth-order valence-electron chi connectivity index (χ4n) is 3.72. The summed E-state index contributed by atoms with van der Waals surface area (Å²) in [5.41, 5.74) is 0.870. The molecule has 2 aliphatic heterocycles. The molecule has 33 heavy (non-hydrogen) atoms. The first kappa shape index (κ1) is 23.6. The van der Waals surface area contributed by atoms with Crippen LogP contribution >= 0.6 is 11.9 Å². The van der Waals surface area contributed by atoms with E-state index in [9.17, 15) is 14.0 Å². The topological polar surface area (TPSA) is 104 Å². The van der Waals surface area contributed by atoms with Gasteiger partial charge in [0.25, 0.3) is 5.91 Å². The van der Waals surface area contributed by atoms with Gasteiger partial charge in [0.1, 0.15) is 16.9 Å². The maximum Gasteiger partial charge on any atom is 0.251 e. The van der Waals surface area contributed by atoms with Crippen molar-refractivity contribution < 1.29 is 18.7 Å². The smallest absolute Gasteiger partial charge is 0.251 e. The molecule has 1 aromatic heterocycles. The molecule has 0 spiro atoms. The first-order valence-corrected chi connectivity index (χ1v) is 11.9. The zero-order valence-corrected chi connectivity index (χ0v) is 19.0. The minimum atomic E-state index is -0.708. The highest BCUT2D eigenvalue weighted by atomic mass is 32.2. The Hall–Kier alpha value is -2.53. The van der Waals surface area contributed by atoms with Crippen LogP contribution in [0.15, 0.2) is 47.6 Å². The van der Waals surface area contributed by atoms with Gasteiger partial charge in [-0.1, -0.05) is 0 Å². The molecule has 0 bridgehead atoms. The molecular weight excluding hydrogens is 445 g/mol. The summed E-state index contributed by atoms with van der Waals surface area (Å²) in [6.45, 7) is 3.19. The van der Waals surface area contributed by atoms with Gasteiger partial charge in [-0.25, -0.2) is 9.37 Å². The molecule has 1 atom stereocenters. The summed E-state index contributed by atoms with van der Waals surface area (Å²) in [4.78, 5) is 30.2. The van der Waals surface area contributed by atoms with E-state index in [0.29, 0.717) is 42.8 Å². The third kappa shape index (κ3) is 6.97. The van der Waals surface area contributed by atoms with Crippen molar-refractivity contribution in [2.45, 2.75) is 36.4 Å². The number of pyridine rings is 1. The maximum atomic E-state index is 13.2. The molecular formula is C23H28FN5O3S. The van der Waals surface area contributed by atoms with Gasteiger partial charge in [0.15, 0.2) is 0 Å². The van der Waals surface area contributed by atoms with Crippen LogP contribution in [0.2, 0.25) is 0 Å². The molecule has 8 nitrogen and oxygen atoms in total. The molecule has 10 heteroatoms. The predicted octanol–water partition coefficient (Wildman–Crippen LogP) is 2.34. The van der Waals surface area contributed by atoms with Gasteiger partial charge in [-0.2, -0.15) is 0 Å². The van der Waals surface area contributed by atoms with Crippen LogP contribution in [-0.4, -0.2) is 55.2 Å². The number of aromatic nitrogens is 1. The van der Waals surface area contributed by atoms with Gasteiger partial charge in [0.05, 0.1) is 31.1 Å². The molecule has 4 rings (SSSR count). The Morgan fingerprint density at radius 2 is 1.91 bits per heavy atom. The second-order valence-corrected chi connectivity index (χ2v) is 9.15. The van der Waals surface area contributed by atoms with Crippen LogP contribution in [0.25, 0.3) is 0 Å². The molecule has 3 heterocycles. The van der Waals surface area contributed by atoms with Crippen LogP contribution in [0.5, 0.6) is 0 Å². The number of ether oxygens (including phenoxy) is 1. The highest BCUT2D eigenvalue weighted by Crippen LogP contribution is 2.20. The number of hydrogen-bond acceptors (Lipinski definition) is 7. The number of benzene rings is 1. The van der Waals surface area contributed by atoms with Gasteiger partial charge >= 0.3 is 0 Å². The van der Waals surface area contributed by atoms with E-state index in [1.165, 1.54) is 36.2 Å². The second kappa shape index (κ2) is 11.6. The van der Waals surface area contributed by atoms with Crippen molar-refractivity contribution in [1.82, 2.24) is 20.3 Å². The lowest BCUT2D eigenvalue weighted by Crippen LogP contribution is -2.46. The largest absolute Gasteiger partial charge is 0.378 e. The van der Waals surface area contributed by atoms with Crippen LogP contribution in [-0.2, 0) is 9.53 Å². The van der Waals surface area contributed by atoms with Gasteiger partial charge < -0.3 is 20.7 Å². The Kier molecular flexibility index (Phi) is 8.27. The van der Waals surface area contributed by atoms with Gasteiger partial charge in [0, 0.05) is 5.56 Å². The molecule has 2 saturated heterocycles. The summed E-state index contributed by atoms with van der Waals surface area (Å²) in [6, 6.07) is 8.52. The Balaban J connectivity index is 1.38. The Labute approximate surface area is 196 Å². The quantitative estimate of drug-likeness (QED) is 0.415. The SMILES string of the molecule is O=C(NC(CC1CCNCC1)C(=O)Nc1ccc(SNC2COC2)nc1)c1ccc(F)cc1. The van der Waals surface area contributed by atoms with Crippen molar-refractivity contribution in [3.8, 4) is 0 Å². The van der Waals surface area contributed by atoms with Crippen LogP contribution in [0.4, 0.5) is 10.1 Å². The minimum Gasteiger partial charge on any atom is -0.378 e. The van der Waals surface area contributed by atoms with Crippen molar-refractivity contribution in [3.63, 3.8) is 0 Å². The average molecular weight is 474 g/mol. The standard InChI is InChI=1S/C23H28FN5O3S/c24-17-3-1-16(2-4-17)22(30)28-20(11-15-7-9-25-10-8-15)23(31)27-18-5-6-21(26-12-18)33-29-19-13-32-14-19/h1-6,12,15,19-20,25,29H,7-11,13-14H2,(H,27,31)(H,28,30). The number of rotatable bonds is 9. The number of nitrogens with one attached hydrogen (secondary N) is 4. The summed E-state index contributed by atoms with van der Waals surface area (Å²) in [7, 11) is 0. The van der Waals surface area contributed by atoms with Gasteiger partial charge in [-0.3, -0.25) is 14.3 Å². The highest BCUT2D eigenvalue weighted by Gasteiger charge is 2.26. The van der Waals surface area contributed by atoms with Crippen molar-refractivity contribution in [2.75, 3.05) is 31.6 Å². The van der Waals surface area contributed by atoms with E-state index < -0.39 is 17.8 Å². The molecule has 1 unspecified atom stereocenters. The number of hydrogen-bond donors (Lipinski definition) is 4. The van der Waals surface area contributed by atoms with Crippen molar-refractivity contribution in [3.05, 3.63) is 54.0 Å². The fourth-order valence-corrected chi connectivity index (χ4v) is 4.38. The lowest BCUT2D eigenvalue weighted by Gasteiger charge is -2.27. The predicted molar refractivity (Wildman–Crippen MR) is 124 cm³/mol. The van der Waals surface area contributed by atoms with E-state index in [1.54, 1.807) is 12.3 Å². The van der Waals surface area contributed by atoms with Crippen LogP contribution in [0.3, 0.4) is 0 Å². The number of anilines is 1. The van der Waals surface area contributed by atoms with Gasteiger partial charge in [0.2, 0.25) is 5.91 Å². The van der Waals surface area contributed by atoms with Crippen molar-refractivity contribution in [2.24, 2.45) is 5.92 Å². The summed E-state index contributed by atoms with van der Waals surface area (Å²) < 4.78 is 21.6. The van der Waals surface area contributed by atoms with Crippen LogP contribution < -0.4 is 20.7 Å². The lowest BCUT2D eigenvalue weighted by molar-refractivity contribution is -0.118. The molecule has 2 fully saturated rings. The van der Waals surface area contributed by atoms with E-state index in [2.05, 4.69) is 25.7 Å². The normalized spacial score (nSPS) is 17.7. The molecule has 2 amide bonds. The van der Waals surface area contributed by atoms with Crippen molar-refractivity contribution in [1.29, 1.82) is 0 Å². The maximum absolute atomic E-state index is 13.2. The third-order valence-corrected chi connectivity index (χ3v) is 6.63.